The molecule has 23 heavy (non-hydrogen) atoms. The van der Waals surface area contributed by atoms with E-state index in [0.717, 1.165) is 5.56 Å². The van der Waals surface area contributed by atoms with Crippen LogP contribution >= 0.6 is 0 Å². The normalized spacial score (nSPS) is 10.6. The average Bonchev–Trinajstić information content (AvgIpc) is 2.60. The lowest BCUT2D eigenvalue weighted by Gasteiger charge is -2.07. The van der Waals surface area contributed by atoms with Gasteiger partial charge < -0.3 is 14.2 Å². The minimum absolute atomic E-state index is 0.293. The molecule has 5 heteroatoms. The van der Waals surface area contributed by atoms with Crippen LogP contribution < -0.4 is 9.47 Å². The Balaban J connectivity index is 2.20. The Labute approximate surface area is 135 Å². The maximum atomic E-state index is 11.7. The van der Waals surface area contributed by atoms with E-state index in [4.69, 9.17) is 14.2 Å². The fraction of sp³-hybridized carbons (Fsp3) is 0.222. The number of nitrogens with zero attached hydrogens (tertiary/aromatic N) is 1. The number of ether oxygens (including phenoxy) is 3. The van der Waals surface area contributed by atoms with Gasteiger partial charge in [0.15, 0.2) is 11.5 Å². The van der Waals surface area contributed by atoms with E-state index in [0.29, 0.717) is 29.5 Å². The highest BCUT2D eigenvalue weighted by atomic mass is 16.5. The molecule has 0 radical (unpaired) electrons. The zero-order chi connectivity index (χ0) is 16.7. The quantitative estimate of drug-likeness (QED) is 0.765. The van der Waals surface area contributed by atoms with Crippen LogP contribution in [0.1, 0.15) is 28.7 Å². The largest absolute Gasteiger partial charge is 0.493 e. The van der Waals surface area contributed by atoms with Crippen LogP contribution in [0.5, 0.6) is 11.5 Å². The monoisotopic (exact) mass is 313 g/mol. The Morgan fingerprint density at radius 1 is 1.09 bits per heavy atom. The standard InChI is InChI=1S/C18H19NO4/c1-4-23-18(20)15-7-5-6-14(19-15)10-8-13-9-11-16(21-2)17(12-13)22-3/h5-12H,4H2,1-3H3/b10-8+. The fourth-order valence-corrected chi connectivity index (χ4v) is 2.00. The highest BCUT2D eigenvalue weighted by Gasteiger charge is 2.07. The number of pyridine rings is 1. The van der Waals surface area contributed by atoms with E-state index in [1.807, 2.05) is 36.4 Å². The van der Waals surface area contributed by atoms with E-state index in [1.54, 1.807) is 33.3 Å². The van der Waals surface area contributed by atoms with E-state index in [1.165, 1.54) is 0 Å². The lowest BCUT2D eigenvalue weighted by atomic mass is 10.1. The predicted molar refractivity (Wildman–Crippen MR) is 88.7 cm³/mol. The molecule has 0 unspecified atom stereocenters. The second-order valence-corrected chi connectivity index (χ2v) is 4.62. The molecule has 0 aliphatic rings. The number of rotatable bonds is 6. The van der Waals surface area contributed by atoms with Crippen LogP contribution in [-0.2, 0) is 4.74 Å². The van der Waals surface area contributed by atoms with Crippen LogP contribution in [0.25, 0.3) is 12.2 Å². The summed E-state index contributed by atoms with van der Waals surface area (Å²) in [6.07, 6.45) is 3.71. The first-order valence-electron chi connectivity index (χ1n) is 7.22. The summed E-state index contributed by atoms with van der Waals surface area (Å²) in [6, 6.07) is 10.8. The van der Waals surface area contributed by atoms with Gasteiger partial charge in [0.2, 0.25) is 0 Å². The van der Waals surface area contributed by atoms with Crippen molar-refractivity contribution in [1.82, 2.24) is 4.98 Å². The lowest BCUT2D eigenvalue weighted by molar-refractivity contribution is 0.0519. The summed E-state index contributed by atoms with van der Waals surface area (Å²) in [5.41, 5.74) is 1.90. The number of hydrogen-bond donors (Lipinski definition) is 0. The van der Waals surface area contributed by atoms with Crippen LogP contribution in [0.3, 0.4) is 0 Å². The maximum absolute atomic E-state index is 11.7. The van der Waals surface area contributed by atoms with Crippen LogP contribution in [-0.4, -0.2) is 31.8 Å². The van der Waals surface area contributed by atoms with E-state index in [2.05, 4.69) is 4.98 Å². The first kappa shape index (κ1) is 16.5. The van der Waals surface area contributed by atoms with Gasteiger partial charge in [-0.05, 0) is 42.8 Å². The zero-order valence-electron chi connectivity index (χ0n) is 13.4. The molecule has 0 aliphatic heterocycles. The van der Waals surface area contributed by atoms with E-state index in [9.17, 15) is 4.79 Å². The zero-order valence-corrected chi connectivity index (χ0v) is 13.4. The molecule has 5 nitrogen and oxygen atoms in total. The predicted octanol–water partition coefficient (Wildman–Crippen LogP) is 3.45. The summed E-state index contributed by atoms with van der Waals surface area (Å²) in [5.74, 6) is 0.906. The molecule has 0 spiro atoms. The van der Waals surface area contributed by atoms with Crippen LogP contribution in [0, 0.1) is 0 Å². The fourth-order valence-electron chi connectivity index (χ4n) is 2.00. The first-order valence-corrected chi connectivity index (χ1v) is 7.22. The third-order valence-corrected chi connectivity index (χ3v) is 3.11. The molecule has 0 N–H and O–H groups in total. The topological polar surface area (TPSA) is 57.7 Å². The first-order chi connectivity index (χ1) is 11.2. The number of esters is 1. The maximum Gasteiger partial charge on any atom is 0.356 e. The Kier molecular flexibility index (Phi) is 5.74. The number of benzene rings is 1. The Hall–Kier alpha value is -2.82. The molecule has 0 saturated carbocycles. The minimum Gasteiger partial charge on any atom is -0.493 e. The van der Waals surface area contributed by atoms with Crippen LogP contribution in [0.2, 0.25) is 0 Å². The molecule has 0 atom stereocenters. The summed E-state index contributed by atoms with van der Waals surface area (Å²) in [7, 11) is 3.19. The number of carbonyl (C=O) groups is 1. The van der Waals surface area contributed by atoms with Gasteiger partial charge in [-0.25, -0.2) is 9.78 Å². The van der Waals surface area contributed by atoms with Crippen molar-refractivity contribution in [3.63, 3.8) is 0 Å². The van der Waals surface area contributed by atoms with Crippen molar-refractivity contribution < 1.29 is 19.0 Å². The minimum atomic E-state index is -0.422. The second-order valence-electron chi connectivity index (χ2n) is 4.62. The molecule has 0 bridgehead atoms. The van der Waals surface area contributed by atoms with Gasteiger partial charge in [0.05, 0.1) is 26.5 Å². The third-order valence-electron chi connectivity index (χ3n) is 3.11. The molecule has 0 aliphatic carbocycles. The highest BCUT2D eigenvalue weighted by Crippen LogP contribution is 2.28. The van der Waals surface area contributed by atoms with Crippen molar-refractivity contribution in [2.45, 2.75) is 6.92 Å². The van der Waals surface area contributed by atoms with Gasteiger partial charge in [-0.2, -0.15) is 0 Å². The number of hydrogen-bond acceptors (Lipinski definition) is 5. The van der Waals surface area contributed by atoms with Crippen molar-refractivity contribution in [2.75, 3.05) is 20.8 Å². The number of aromatic nitrogens is 1. The SMILES string of the molecule is CCOC(=O)c1cccc(/C=C/c2ccc(OC)c(OC)c2)n1. The molecular weight excluding hydrogens is 294 g/mol. The lowest BCUT2D eigenvalue weighted by Crippen LogP contribution is -2.07. The summed E-state index contributed by atoms with van der Waals surface area (Å²) in [5, 5.41) is 0. The van der Waals surface area contributed by atoms with E-state index < -0.39 is 5.97 Å². The van der Waals surface area contributed by atoms with Gasteiger partial charge in [0, 0.05) is 0 Å². The molecule has 0 amide bonds. The molecule has 1 aromatic carbocycles. The molecule has 2 rings (SSSR count). The Morgan fingerprint density at radius 3 is 2.57 bits per heavy atom. The Bertz CT molecular complexity index is 710. The summed E-state index contributed by atoms with van der Waals surface area (Å²) >= 11 is 0. The molecule has 0 saturated heterocycles. The summed E-state index contributed by atoms with van der Waals surface area (Å²) in [6.45, 7) is 2.09. The van der Waals surface area contributed by atoms with E-state index in [-0.39, 0.29) is 0 Å². The van der Waals surface area contributed by atoms with Gasteiger partial charge in [0.1, 0.15) is 5.69 Å². The van der Waals surface area contributed by atoms with Crippen LogP contribution in [0.15, 0.2) is 36.4 Å². The second kappa shape index (κ2) is 7.98. The van der Waals surface area contributed by atoms with Gasteiger partial charge >= 0.3 is 5.97 Å². The Morgan fingerprint density at radius 2 is 1.87 bits per heavy atom. The van der Waals surface area contributed by atoms with Crippen molar-refractivity contribution in [3.8, 4) is 11.5 Å². The van der Waals surface area contributed by atoms with Crippen molar-refractivity contribution in [3.05, 3.63) is 53.3 Å². The van der Waals surface area contributed by atoms with Crippen molar-refractivity contribution >= 4 is 18.1 Å². The third kappa shape index (κ3) is 4.32. The number of methoxy groups -OCH3 is 2. The van der Waals surface area contributed by atoms with Gasteiger partial charge in [0.25, 0.3) is 0 Å². The van der Waals surface area contributed by atoms with E-state index >= 15 is 0 Å². The molecule has 2 aromatic rings. The molecule has 1 heterocycles. The molecule has 120 valence electrons. The van der Waals surface area contributed by atoms with Gasteiger partial charge in [-0.3, -0.25) is 0 Å². The smallest absolute Gasteiger partial charge is 0.356 e. The average molecular weight is 313 g/mol. The van der Waals surface area contributed by atoms with Crippen molar-refractivity contribution in [2.24, 2.45) is 0 Å². The molecule has 0 fully saturated rings. The van der Waals surface area contributed by atoms with Gasteiger partial charge in [-0.1, -0.05) is 18.2 Å². The molecule has 1 aromatic heterocycles. The number of carbonyl (C=O) groups excluding carboxylic acids is 1. The van der Waals surface area contributed by atoms with Gasteiger partial charge in [-0.15, -0.1) is 0 Å². The molecular formula is C18H19NO4. The summed E-state index contributed by atoms with van der Waals surface area (Å²) in [4.78, 5) is 16.0. The van der Waals surface area contributed by atoms with Crippen molar-refractivity contribution in [1.29, 1.82) is 0 Å². The summed E-state index contributed by atoms with van der Waals surface area (Å²) < 4.78 is 15.4. The highest BCUT2D eigenvalue weighted by molar-refractivity contribution is 5.87. The van der Waals surface area contributed by atoms with Crippen LogP contribution in [0.4, 0.5) is 0 Å².